The van der Waals surface area contributed by atoms with E-state index < -0.39 is 0 Å². The largest absolute Gasteiger partial charge is 0.396 e. The number of nitrogens with zero attached hydrogens (tertiary/aromatic N) is 3. The van der Waals surface area contributed by atoms with E-state index in [1.807, 2.05) is 6.92 Å². The van der Waals surface area contributed by atoms with Gasteiger partial charge in [-0.25, -0.2) is 0 Å². The molecule has 5 nitrogen and oxygen atoms in total. The maximum absolute atomic E-state index is 8.96. The van der Waals surface area contributed by atoms with Gasteiger partial charge in [0.15, 0.2) is 5.16 Å². The Morgan fingerprint density at radius 2 is 2.25 bits per heavy atom. The Morgan fingerprint density at radius 1 is 1.50 bits per heavy atom. The van der Waals surface area contributed by atoms with Crippen LogP contribution in [0.5, 0.6) is 0 Å². The maximum Gasteiger partial charge on any atom is 0.191 e. The maximum atomic E-state index is 8.96. The Kier molecular flexibility index (Phi) is 5.79. The molecule has 1 heterocycles. The monoisotopic (exact) mass is 244 g/mol. The molecule has 0 fully saturated rings. The SMILES string of the molecule is CCCn1c(CN)nnc1SCC(C)CO. The first kappa shape index (κ1) is 13.5. The predicted molar refractivity (Wildman–Crippen MR) is 65.2 cm³/mol. The minimum atomic E-state index is 0.207. The lowest BCUT2D eigenvalue weighted by molar-refractivity contribution is 0.250. The van der Waals surface area contributed by atoms with Crippen molar-refractivity contribution in [1.82, 2.24) is 14.8 Å². The van der Waals surface area contributed by atoms with E-state index in [9.17, 15) is 0 Å². The Morgan fingerprint density at radius 3 is 2.81 bits per heavy atom. The Hall–Kier alpha value is -0.590. The van der Waals surface area contributed by atoms with Crippen LogP contribution >= 0.6 is 11.8 Å². The van der Waals surface area contributed by atoms with E-state index in [0.717, 1.165) is 29.7 Å². The molecule has 0 amide bonds. The summed E-state index contributed by atoms with van der Waals surface area (Å²) in [6.07, 6.45) is 1.04. The van der Waals surface area contributed by atoms with E-state index in [0.29, 0.717) is 6.54 Å². The number of hydrogen-bond donors (Lipinski definition) is 2. The van der Waals surface area contributed by atoms with E-state index in [2.05, 4.69) is 21.7 Å². The Balaban J connectivity index is 2.67. The van der Waals surface area contributed by atoms with Crippen molar-refractivity contribution in [3.63, 3.8) is 0 Å². The van der Waals surface area contributed by atoms with Gasteiger partial charge in [0.05, 0.1) is 6.54 Å². The zero-order valence-electron chi connectivity index (χ0n) is 9.89. The van der Waals surface area contributed by atoms with Crippen LogP contribution in [-0.4, -0.2) is 32.2 Å². The number of thioether (sulfide) groups is 1. The highest BCUT2D eigenvalue weighted by atomic mass is 32.2. The topological polar surface area (TPSA) is 77.0 Å². The molecule has 1 rings (SSSR count). The van der Waals surface area contributed by atoms with Crippen molar-refractivity contribution in [1.29, 1.82) is 0 Å². The Labute approximate surface area is 100 Å². The van der Waals surface area contributed by atoms with Gasteiger partial charge in [-0.1, -0.05) is 25.6 Å². The van der Waals surface area contributed by atoms with Crippen molar-refractivity contribution in [3.05, 3.63) is 5.82 Å². The molecule has 0 aliphatic heterocycles. The first-order chi connectivity index (χ1) is 7.72. The van der Waals surface area contributed by atoms with Gasteiger partial charge in [0.2, 0.25) is 0 Å². The number of rotatable bonds is 7. The molecular formula is C10H20N4OS. The van der Waals surface area contributed by atoms with Crippen molar-refractivity contribution in [2.45, 2.75) is 38.5 Å². The lowest BCUT2D eigenvalue weighted by atomic mass is 10.2. The highest BCUT2D eigenvalue weighted by molar-refractivity contribution is 7.99. The molecule has 0 aliphatic carbocycles. The van der Waals surface area contributed by atoms with Gasteiger partial charge in [0.25, 0.3) is 0 Å². The van der Waals surface area contributed by atoms with E-state index >= 15 is 0 Å². The van der Waals surface area contributed by atoms with Crippen LogP contribution in [0, 0.1) is 5.92 Å². The minimum absolute atomic E-state index is 0.207. The van der Waals surface area contributed by atoms with Crippen LogP contribution < -0.4 is 5.73 Å². The number of nitrogens with two attached hydrogens (primary N) is 1. The fourth-order valence-electron chi connectivity index (χ4n) is 1.29. The smallest absolute Gasteiger partial charge is 0.191 e. The van der Waals surface area contributed by atoms with Crippen LogP contribution in [0.25, 0.3) is 0 Å². The second-order valence-corrected chi connectivity index (χ2v) is 4.84. The molecule has 1 aromatic heterocycles. The average molecular weight is 244 g/mol. The number of aliphatic hydroxyl groups is 1. The van der Waals surface area contributed by atoms with E-state index in [1.165, 1.54) is 0 Å². The molecule has 0 saturated carbocycles. The summed E-state index contributed by atoms with van der Waals surface area (Å²) in [6, 6.07) is 0. The van der Waals surface area contributed by atoms with Gasteiger partial charge in [-0.05, 0) is 12.3 Å². The summed E-state index contributed by atoms with van der Waals surface area (Å²) in [6.45, 7) is 5.65. The fourth-order valence-corrected chi connectivity index (χ4v) is 2.28. The van der Waals surface area contributed by atoms with Gasteiger partial charge < -0.3 is 15.4 Å². The average Bonchev–Trinajstić information content (AvgIpc) is 2.69. The molecule has 0 radical (unpaired) electrons. The van der Waals surface area contributed by atoms with E-state index in [-0.39, 0.29) is 12.5 Å². The zero-order valence-corrected chi connectivity index (χ0v) is 10.7. The molecule has 1 unspecified atom stereocenters. The summed E-state index contributed by atoms with van der Waals surface area (Å²) in [5, 5.41) is 18.1. The van der Waals surface area contributed by atoms with Crippen LogP contribution in [-0.2, 0) is 13.1 Å². The summed E-state index contributed by atoms with van der Waals surface area (Å²) in [4.78, 5) is 0. The second-order valence-electron chi connectivity index (χ2n) is 3.85. The van der Waals surface area contributed by atoms with Crippen LogP contribution in [0.2, 0.25) is 0 Å². The van der Waals surface area contributed by atoms with Gasteiger partial charge in [-0.3, -0.25) is 0 Å². The lowest BCUT2D eigenvalue weighted by Crippen LogP contribution is -2.10. The van der Waals surface area contributed by atoms with Crippen LogP contribution in [0.15, 0.2) is 5.16 Å². The number of aliphatic hydroxyl groups excluding tert-OH is 1. The van der Waals surface area contributed by atoms with Crippen molar-refractivity contribution >= 4 is 11.8 Å². The van der Waals surface area contributed by atoms with Gasteiger partial charge in [0, 0.05) is 18.9 Å². The molecule has 0 aromatic carbocycles. The van der Waals surface area contributed by atoms with Crippen molar-refractivity contribution in [2.75, 3.05) is 12.4 Å². The van der Waals surface area contributed by atoms with Crippen LogP contribution in [0.3, 0.4) is 0 Å². The summed E-state index contributed by atoms with van der Waals surface area (Å²) < 4.78 is 2.06. The summed E-state index contributed by atoms with van der Waals surface area (Å²) in [5.41, 5.74) is 5.60. The third kappa shape index (κ3) is 3.47. The molecule has 92 valence electrons. The molecule has 6 heteroatoms. The normalized spacial score (nSPS) is 13.0. The van der Waals surface area contributed by atoms with Crippen molar-refractivity contribution in [3.8, 4) is 0 Å². The van der Waals surface area contributed by atoms with Gasteiger partial charge >= 0.3 is 0 Å². The standard InChI is InChI=1S/C10H20N4OS/c1-3-4-14-9(5-11)12-13-10(14)16-7-8(2)6-15/h8,15H,3-7,11H2,1-2H3. The van der Waals surface area contributed by atoms with Gasteiger partial charge in [-0.2, -0.15) is 0 Å². The highest BCUT2D eigenvalue weighted by Gasteiger charge is 2.11. The number of aromatic nitrogens is 3. The molecular weight excluding hydrogens is 224 g/mol. The van der Waals surface area contributed by atoms with Gasteiger partial charge in [0.1, 0.15) is 5.82 Å². The molecule has 16 heavy (non-hydrogen) atoms. The third-order valence-corrected chi connectivity index (χ3v) is 3.53. The third-order valence-electron chi connectivity index (χ3n) is 2.23. The Bertz CT molecular complexity index is 316. The second kappa shape index (κ2) is 6.88. The highest BCUT2D eigenvalue weighted by Crippen LogP contribution is 2.20. The zero-order chi connectivity index (χ0) is 12.0. The molecule has 1 atom stereocenters. The first-order valence-electron chi connectivity index (χ1n) is 5.58. The lowest BCUT2D eigenvalue weighted by Gasteiger charge is -2.09. The molecule has 0 aliphatic rings. The molecule has 0 saturated heterocycles. The summed E-state index contributed by atoms with van der Waals surface area (Å²) in [7, 11) is 0. The quantitative estimate of drug-likeness (QED) is 0.696. The van der Waals surface area contributed by atoms with E-state index in [4.69, 9.17) is 10.8 Å². The van der Waals surface area contributed by atoms with Crippen molar-refractivity contribution in [2.24, 2.45) is 11.7 Å². The number of hydrogen-bond acceptors (Lipinski definition) is 5. The summed E-state index contributed by atoms with van der Waals surface area (Å²) >= 11 is 1.63. The van der Waals surface area contributed by atoms with Crippen LogP contribution in [0.4, 0.5) is 0 Å². The minimum Gasteiger partial charge on any atom is -0.396 e. The first-order valence-corrected chi connectivity index (χ1v) is 6.57. The van der Waals surface area contributed by atoms with Crippen LogP contribution in [0.1, 0.15) is 26.1 Å². The molecule has 0 bridgehead atoms. The molecule has 1 aromatic rings. The summed E-state index contributed by atoms with van der Waals surface area (Å²) in [5.74, 6) is 1.96. The van der Waals surface area contributed by atoms with E-state index in [1.54, 1.807) is 11.8 Å². The van der Waals surface area contributed by atoms with Gasteiger partial charge in [-0.15, -0.1) is 10.2 Å². The molecule has 0 spiro atoms. The predicted octanol–water partition coefficient (Wildman–Crippen LogP) is 0.867. The van der Waals surface area contributed by atoms with Crippen molar-refractivity contribution < 1.29 is 5.11 Å². The molecule has 3 N–H and O–H groups in total. The fraction of sp³-hybridized carbons (Fsp3) is 0.800.